The minimum Gasteiger partial charge on any atom is -0.454 e. The number of hydrogen-bond donors (Lipinski definition) is 3. The molecule has 31 heavy (non-hydrogen) atoms. The SMILES string of the molecule is CCc1cc(=O)[nH]c(-n2nc(C(C)(C)C)cc2NC(=O)Nc2ccc3c(c2)OCO3)n1. The molecule has 162 valence electrons. The van der Waals surface area contributed by atoms with Gasteiger partial charge in [0.05, 0.1) is 5.69 Å². The number of aryl methyl sites for hydroxylation is 1. The van der Waals surface area contributed by atoms with Crippen LogP contribution in [0.2, 0.25) is 0 Å². The van der Waals surface area contributed by atoms with Gasteiger partial charge in [0.25, 0.3) is 5.56 Å². The van der Waals surface area contributed by atoms with Gasteiger partial charge in [-0.2, -0.15) is 9.78 Å². The predicted molar refractivity (Wildman–Crippen MR) is 115 cm³/mol. The van der Waals surface area contributed by atoms with Crippen molar-refractivity contribution in [2.45, 2.75) is 39.5 Å². The molecule has 2 amide bonds. The summed E-state index contributed by atoms with van der Waals surface area (Å²) in [5, 5.41) is 10.1. The molecule has 0 aliphatic carbocycles. The van der Waals surface area contributed by atoms with Gasteiger partial charge in [-0.1, -0.05) is 27.7 Å². The second-order valence-electron chi connectivity index (χ2n) is 8.14. The van der Waals surface area contributed by atoms with Crippen LogP contribution in [0, 0.1) is 0 Å². The van der Waals surface area contributed by atoms with Crippen molar-refractivity contribution in [3.8, 4) is 17.4 Å². The molecule has 0 atom stereocenters. The number of rotatable bonds is 4. The first-order valence-electron chi connectivity index (χ1n) is 9.92. The van der Waals surface area contributed by atoms with Crippen LogP contribution >= 0.6 is 0 Å². The molecule has 10 heteroatoms. The molecule has 3 N–H and O–H groups in total. The van der Waals surface area contributed by atoms with Crippen molar-refractivity contribution in [1.82, 2.24) is 19.7 Å². The Morgan fingerprint density at radius 2 is 1.94 bits per heavy atom. The number of carbonyl (C=O) groups is 1. The first kappa shape index (κ1) is 20.5. The van der Waals surface area contributed by atoms with Crippen LogP contribution in [0.1, 0.15) is 39.1 Å². The van der Waals surface area contributed by atoms with Crippen LogP contribution in [0.15, 0.2) is 35.1 Å². The summed E-state index contributed by atoms with van der Waals surface area (Å²) in [5.41, 5.74) is 1.34. The number of hydrogen-bond acceptors (Lipinski definition) is 6. The Labute approximate surface area is 178 Å². The Hall–Kier alpha value is -3.82. The van der Waals surface area contributed by atoms with E-state index in [-0.39, 0.29) is 23.7 Å². The summed E-state index contributed by atoms with van der Waals surface area (Å²) in [6, 6.07) is 7.85. The molecule has 1 aromatic carbocycles. The maximum atomic E-state index is 12.7. The molecule has 0 radical (unpaired) electrons. The summed E-state index contributed by atoms with van der Waals surface area (Å²) in [6.07, 6.45) is 0.595. The number of H-pyrrole nitrogens is 1. The fraction of sp³-hybridized carbons (Fsp3) is 0.333. The minimum absolute atomic E-state index is 0.155. The lowest BCUT2D eigenvalue weighted by Crippen LogP contribution is -2.23. The van der Waals surface area contributed by atoms with E-state index in [1.54, 1.807) is 24.3 Å². The van der Waals surface area contributed by atoms with E-state index in [0.717, 1.165) is 5.69 Å². The zero-order valence-electron chi connectivity index (χ0n) is 17.8. The third-order valence-electron chi connectivity index (χ3n) is 4.69. The van der Waals surface area contributed by atoms with Crippen LogP contribution in [0.25, 0.3) is 5.95 Å². The van der Waals surface area contributed by atoms with Gasteiger partial charge in [-0.3, -0.25) is 15.1 Å². The van der Waals surface area contributed by atoms with Gasteiger partial charge < -0.3 is 14.8 Å². The van der Waals surface area contributed by atoms with E-state index < -0.39 is 6.03 Å². The van der Waals surface area contributed by atoms with E-state index in [1.165, 1.54) is 10.7 Å². The molecule has 0 fully saturated rings. The molecular weight excluding hydrogens is 400 g/mol. The Kier molecular flexibility index (Phi) is 5.14. The van der Waals surface area contributed by atoms with E-state index in [0.29, 0.717) is 35.1 Å². The zero-order valence-corrected chi connectivity index (χ0v) is 17.8. The highest BCUT2D eigenvalue weighted by atomic mass is 16.7. The number of carbonyl (C=O) groups excluding carboxylic acids is 1. The van der Waals surface area contributed by atoms with Crippen LogP contribution in [0.4, 0.5) is 16.3 Å². The van der Waals surface area contributed by atoms with E-state index in [2.05, 4.69) is 25.7 Å². The number of aromatic amines is 1. The maximum absolute atomic E-state index is 12.7. The molecule has 1 aliphatic heterocycles. The van der Waals surface area contributed by atoms with Gasteiger partial charge in [0.15, 0.2) is 11.5 Å². The summed E-state index contributed by atoms with van der Waals surface area (Å²) < 4.78 is 12.1. The first-order chi connectivity index (χ1) is 14.7. The fourth-order valence-corrected chi connectivity index (χ4v) is 3.03. The average molecular weight is 424 g/mol. The van der Waals surface area contributed by atoms with Gasteiger partial charge in [-0.05, 0) is 18.6 Å². The first-order valence-corrected chi connectivity index (χ1v) is 9.92. The van der Waals surface area contributed by atoms with Crippen molar-refractivity contribution in [3.05, 3.63) is 52.1 Å². The topological polar surface area (TPSA) is 123 Å². The average Bonchev–Trinajstić information content (AvgIpc) is 3.33. The Balaban J connectivity index is 1.64. The molecule has 0 saturated carbocycles. The monoisotopic (exact) mass is 424 g/mol. The summed E-state index contributed by atoms with van der Waals surface area (Å²) in [7, 11) is 0. The highest BCUT2D eigenvalue weighted by Gasteiger charge is 2.23. The smallest absolute Gasteiger partial charge is 0.324 e. The number of benzene rings is 1. The van der Waals surface area contributed by atoms with Crippen molar-refractivity contribution in [3.63, 3.8) is 0 Å². The summed E-state index contributed by atoms with van der Waals surface area (Å²) >= 11 is 0. The minimum atomic E-state index is -0.477. The van der Waals surface area contributed by atoms with E-state index in [4.69, 9.17) is 9.47 Å². The molecular formula is C21H24N6O4. The number of nitrogens with zero attached hydrogens (tertiary/aromatic N) is 3. The van der Waals surface area contributed by atoms with Gasteiger partial charge >= 0.3 is 6.03 Å². The Morgan fingerprint density at radius 1 is 1.16 bits per heavy atom. The number of aromatic nitrogens is 4. The molecule has 10 nitrogen and oxygen atoms in total. The molecule has 3 heterocycles. The molecule has 3 aromatic rings. The van der Waals surface area contributed by atoms with Crippen LogP contribution in [-0.4, -0.2) is 32.6 Å². The van der Waals surface area contributed by atoms with E-state index in [9.17, 15) is 9.59 Å². The van der Waals surface area contributed by atoms with Gasteiger partial charge in [-0.25, -0.2) is 9.78 Å². The summed E-state index contributed by atoms with van der Waals surface area (Å²) in [6.45, 7) is 8.09. The standard InChI is InChI=1S/C21H24N6O4/c1-5-12-9-18(28)25-19(22-12)27-17(10-16(26-27)21(2,3)4)24-20(29)23-13-6-7-14-15(8-13)31-11-30-14/h6-10H,5,11H2,1-4H3,(H,22,25,28)(H2,23,24,29). The highest BCUT2D eigenvalue weighted by molar-refractivity contribution is 5.99. The number of ether oxygens (including phenoxy) is 2. The van der Waals surface area contributed by atoms with Crippen LogP contribution in [0.3, 0.4) is 0 Å². The summed E-state index contributed by atoms with van der Waals surface area (Å²) in [5.74, 6) is 1.80. The van der Waals surface area contributed by atoms with Crippen LogP contribution in [0.5, 0.6) is 11.5 Å². The Bertz CT molecular complexity index is 1190. The molecule has 4 rings (SSSR count). The Morgan fingerprint density at radius 3 is 2.68 bits per heavy atom. The lowest BCUT2D eigenvalue weighted by Gasteiger charge is -2.13. The van der Waals surface area contributed by atoms with Crippen LogP contribution < -0.4 is 25.7 Å². The third-order valence-corrected chi connectivity index (χ3v) is 4.69. The second kappa shape index (κ2) is 7.78. The highest BCUT2D eigenvalue weighted by Crippen LogP contribution is 2.34. The van der Waals surface area contributed by atoms with E-state index in [1.807, 2.05) is 27.7 Å². The molecule has 1 aliphatic rings. The van der Waals surface area contributed by atoms with E-state index >= 15 is 0 Å². The van der Waals surface area contributed by atoms with Crippen molar-refractivity contribution in [2.24, 2.45) is 0 Å². The van der Waals surface area contributed by atoms with Gasteiger partial charge in [0, 0.05) is 35.0 Å². The number of amides is 2. The van der Waals surface area contributed by atoms with Crippen molar-refractivity contribution in [2.75, 3.05) is 17.4 Å². The fourth-order valence-electron chi connectivity index (χ4n) is 3.03. The predicted octanol–water partition coefficient (Wildman–Crippen LogP) is 3.19. The molecule has 0 bridgehead atoms. The maximum Gasteiger partial charge on any atom is 0.324 e. The lowest BCUT2D eigenvalue weighted by molar-refractivity contribution is 0.174. The number of urea groups is 1. The lowest BCUT2D eigenvalue weighted by atomic mass is 9.92. The zero-order chi connectivity index (χ0) is 22.2. The number of fused-ring (bicyclic) bond motifs is 1. The third kappa shape index (κ3) is 4.37. The van der Waals surface area contributed by atoms with Crippen molar-refractivity contribution < 1.29 is 14.3 Å². The van der Waals surface area contributed by atoms with Crippen molar-refractivity contribution in [1.29, 1.82) is 0 Å². The number of nitrogens with one attached hydrogen (secondary N) is 3. The van der Waals surface area contributed by atoms with Gasteiger partial charge in [-0.15, -0.1) is 0 Å². The normalized spacial score (nSPS) is 12.6. The number of anilines is 2. The molecule has 0 spiro atoms. The quantitative estimate of drug-likeness (QED) is 0.591. The largest absolute Gasteiger partial charge is 0.454 e. The molecule has 2 aromatic heterocycles. The van der Waals surface area contributed by atoms with Crippen LogP contribution in [-0.2, 0) is 11.8 Å². The molecule has 0 saturated heterocycles. The summed E-state index contributed by atoms with van der Waals surface area (Å²) in [4.78, 5) is 31.9. The second-order valence-corrected chi connectivity index (χ2v) is 8.14. The molecule has 0 unspecified atom stereocenters. The van der Waals surface area contributed by atoms with Crippen molar-refractivity contribution >= 4 is 17.5 Å². The van der Waals surface area contributed by atoms with Gasteiger partial charge in [0.2, 0.25) is 12.7 Å². The van der Waals surface area contributed by atoms with Gasteiger partial charge in [0.1, 0.15) is 5.82 Å².